The number of hydrogen-bond donors (Lipinski definition) is 2. The summed E-state index contributed by atoms with van der Waals surface area (Å²) in [5, 5.41) is 5.32. The molecule has 1 aliphatic rings. The number of ether oxygens (including phenoxy) is 2. The Morgan fingerprint density at radius 1 is 1.09 bits per heavy atom. The molecule has 7 heteroatoms. The van der Waals surface area contributed by atoms with Crippen molar-refractivity contribution < 1.29 is 23.9 Å². The van der Waals surface area contributed by atoms with Crippen LogP contribution in [0.3, 0.4) is 0 Å². The first kappa shape index (κ1) is 19.3. The predicted molar refractivity (Wildman–Crippen MR) is 84.8 cm³/mol. The summed E-state index contributed by atoms with van der Waals surface area (Å²) >= 11 is 0. The topological polar surface area (TPSA) is 93.7 Å². The highest BCUT2D eigenvalue weighted by atomic mass is 16.6. The van der Waals surface area contributed by atoms with E-state index < -0.39 is 23.2 Å². The smallest absolute Gasteiger partial charge is 0.407 e. The van der Waals surface area contributed by atoms with E-state index in [0.717, 1.165) is 19.3 Å². The van der Waals surface area contributed by atoms with Gasteiger partial charge in [0.25, 0.3) is 0 Å². The maximum absolute atomic E-state index is 12.1. The van der Waals surface area contributed by atoms with E-state index >= 15 is 0 Å². The van der Waals surface area contributed by atoms with E-state index in [1.807, 2.05) is 0 Å². The normalized spacial score (nSPS) is 17.0. The van der Waals surface area contributed by atoms with Crippen LogP contribution in [0.1, 0.15) is 59.3 Å². The van der Waals surface area contributed by atoms with E-state index in [1.54, 1.807) is 20.8 Å². The molecule has 0 bridgehead atoms. The third-order valence-electron chi connectivity index (χ3n) is 3.68. The first-order chi connectivity index (χ1) is 10.7. The summed E-state index contributed by atoms with van der Waals surface area (Å²) in [4.78, 5) is 35.6. The van der Waals surface area contributed by atoms with Crippen molar-refractivity contribution >= 4 is 18.0 Å². The van der Waals surface area contributed by atoms with Crippen molar-refractivity contribution in [2.75, 3.05) is 13.7 Å². The van der Waals surface area contributed by atoms with Crippen molar-refractivity contribution in [3.05, 3.63) is 0 Å². The molecule has 0 spiro atoms. The van der Waals surface area contributed by atoms with Crippen LogP contribution in [0.25, 0.3) is 0 Å². The van der Waals surface area contributed by atoms with E-state index in [4.69, 9.17) is 9.47 Å². The fourth-order valence-electron chi connectivity index (χ4n) is 2.65. The Morgan fingerprint density at radius 2 is 1.70 bits per heavy atom. The quantitative estimate of drug-likeness (QED) is 0.752. The Kier molecular flexibility index (Phi) is 6.84. The lowest BCUT2D eigenvalue weighted by Crippen LogP contribution is -2.56. The average Bonchev–Trinajstić information content (AvgIpc) is 2.45. The summed E-state index contributed by atoms with van der Waals surface area (Å²) in [6.07, 6.45) is 3.50. The Hall–Kier alpha value is -1.79. The molecule has 0 heterocycles. The predicted octanol–water partition coefficient (Wildman–Crippen LogP) is 1.89. The number of methoxy groups -OCH3 is 1. The largest absolute Gasteiger partial charge is 0.467 e. The number of amides is 2. The van der Waals surface area contributed by atoms with Crippen LogP contribution in [0.2, 0.25) is 0 Å². The van der Waals surface area contributed by atoms with Gasteiger partial charge >= 0.3 is 12.1 Å². The Morgan fingerprint density at radius 3 is 2.22 bits per heavy atom. The molecule has 1 aliphatic carbocycles. The van der Waals surface area contributed by atoms with Crippen molar-refractivity contribution in [2.45, 2.75) is 70.4 Å². The van der Waals surface area contributed by atoms with Gasteiger partial charge in [-0.25, -0.2) is 9.59 Å². The first-order valence-electron chi connectivity index (χ1n) is 8.05. The zero-order valence-corrected chi connectivity index (χ0v) is 14.5. The lowest BCUT2D eigenvalue weighted by Gasteiger charge is -2.35. The molecule has 0 radical (unpaired) electrons. The molecule has 132 valence electrons. The molecule has 1 rings (SSSR count). The molecule has 1 fully saturated rings. The molecule has 0 aromatic rings. The number of alkyl carbamates (subject to hydrolysis) is 1. The first-order valence-corrected chi connectivity index (χ1v) is 8.05. The standard InChI is InChI=1S/C16H28N2O5/c1-15(2,3)23-14(21)17-11-8-12(19)18-16(13(20)22-4)9-6-5-7-10-16/h5-11H2,1-4H3,(H,17,21)(H,18,19). The summed E-state index contributed by atoms with van der Waals surface area (Å²) < 4.78 is 9.94. The van der Waals surface area contributed by atoms with E-state index in [1.165, 1.54) is 7.11 Å². The van der Waals surface area contributed by atoms with Crippen LogP contribution in [-0.2, 0) is 19.1 Å². The van der Waals surface area contributed by atoms with Gasteiger partial charge in [0.1, 0.15) is 11.1 Å². The molecule has 2 amide bonds. The van der Waals surface area contributed by atoms with Crippen LogP contribution in [0.5, 0.6) is 0 Å². The minimum absolute atomic E-state index is 0.0813. The van der Waals surface area contributed by atoms with E-state index in [2.05, 4.69) is 10.6 Å². The van der Waals surface area contributed by atoms with Crippen molar-refractivity contribution in [2.24, 2.45) is 0 Å². The summed E-state index contributed by atoms with van der Waals surface area (Å²) in [7, 11) is 1.33. The van der Waals surface area contributed by atoms with Crippen LogP contribution < -0.4 is 10.6 Å². The average molecular weight is 328 g/mol. The molecule has 1 saturated carbocycles. The highest BCUT2D eigenvalue weighted by Gasteiger charge is 2.41. The third kappa shape index (κ3) is 6.46. The number of nitrogens with one attached hydrogen (secondary N) is 2. The fourth-order valence-corrected chi connectivity index (χ4v) is 2.65. The Bertz CT molecular complexity index is 436. The molecule has 0 aromatic heterocycles. The highest BCUT2D eigenvalue weighted by Crippen LogP contribution is 2.29. The van der Waals surface area contributed by atoms with Gasteiger partial charge < -0.3 is 20.1 Å². The molecule has 0 unspecified atom stereocenters. The Balaban J connectivity index is 2.45. The van der Waals surface area contributed by atoms with E-state index in [-0.39, 0.29) is 18.9 Å². The fraction of sp³-hybridized carbons (Fsp3) is 0.812. The van der Waals surface area contributed by atoms with Crippen LogP contribution in [0, 0.1) is 0 Å². The number of carbonyl (C=O) groups excluding carboxylic acids is 3. The maximum Gasteiger partial charge on any atom is 0.407 e. The molecular weight excluding hydrogens is 300 g/mol. The second-order valence-corrected chi connectivity index (χ2v) is 6.86. The molecule has 7 nitrogen and oxygen atoms in total. The summed E-state index contributed by atoms with van der Waals surface area (Å²) in [6, 6.07) is 0. The van der Waals surface area contributed by atoms with Gasteiger partial charge in [-0.3, -0.25) is 4.79 Å². The summed E-state index contributed by atoms with van der Waals surface area (Å²) in [5.41, 5.74) is -1.50. The minimum atomic E-state index is -0.921. The highest BCUT2D eigenvalue weighted by molar-refractivity contribution is 5.88. The Labute approximate surface area is 137 Å². The number of rotatable bonds is 5. The second kappa shape index (κ2) is 8.17. The van der Waals surface area contributed by atoms with Crippen LogP contribution >= 0.6 is 0 Å². The van der Waals surface area contributed by atoms with E-state index in [9.17, 15) is 14.4 Å². The molecular formula is C16H28N2O5. The molecule has 0 aromatic carbocycles. The van der Waals surface area contributed by atoms with E-state index in [0.29, 0.717) is 12.8 Å². The van der Waals surface area contributed by atoms with Crippen molar-refractivity contribution in [3.63, 3.8) is 0 Å². The second-order valence-electron chi connectivity index (χ2n) is 6.86. The zero-order chi connectivity index (χ0) is 17.5. The van der Waals surface area contributed by atoms with Gasteiger partial charge in [-0.2, -0.15) is 0 Å². The van der Waals surface area contributed by atoms with Crippen molar-refractivity contribution in [1.82, 2.24) is 10.6 Å². The monoisotopic (exact) mass is 328 g/mol. The lowest BCUT2D eigenvalue weighted by molar-refractivity contribution is -0.152. The minimum Gasteiger partial charge on any atom is -0.467 e. The lowest BCUT2D eigenvalue weighted by atomic mass is 9.81. The van der Waals surface area contributed by atoms with Gasteiger partial charge in [0.05, 0.1) is 7.11 Å². The van der Waals surface area contributed by atoms with Crippen molar-refractivity contribution in [1.29, 1.82) is 0 Å². The number of esters is 1. The number of hydrogen-bond acceptors (Lipinski definition) is 5. The zero-order valence-electron chi connectivity index (χ0n) is 14.5. The third-order valence-corrected chi connectivity index (χ3v) is 3.68. The van der Waals surface area contributed by atoms with Crippen LogP contribution in [-0.4, -0.2) is 42.8 Å². The molecule has 0 atom stereocenters. The van der Waals surface area contributed by atoms with Gasteiger partial charge in [0.2, 0.25) is 5.91 Å². The van der Waals surface area contributed by atoms with Gasteiger partial charge in [0, 0.05) is 13.0 Å². The number of carbonyl (C=O) groups is 3. The van der Waals surface area contributed by atoms with Crippen LogP contribution in [0.4, 0.5) is 4.79 Å². The van der Waals surface area contributed by atoms with Gasteiger partial charge in [-0.05, 0) is 33.6 Å². The van der Waals surface area contributed by atoms with Crippen molar-refractivity contribution in [3.8, 4) is 0 Å². The SMILES string of the molecule is COC(=O)C1(NC(=O)CCNC(=O)OC(C)(C)C)CCCCC1. The molecule has 2 N–H and O–H groups in total. The summed E-state index contributed by atoms with van der Waals surface area (Å²) in [6.45, 7) is 5.45. The molecule has 0 aliphatic heterocycles. The molecule has 23 heavy (non-hydrogen) atoms. The van der Waals surface area contributed by atoms with Gasteiger partial charge in [-0.15, -0.1) is 0 Å². The molecule has 0 saturated heterocycles. The van der Waals surface area contributed by atoms with Crippen LogP contribution in [0.15, 0.2) is 0 Å². The van der Waals surface area contributed by atoms with Gasteiger partial charge in [0.15, 0.2) is 0 Å². The maximum atomic E-state index is 12.1. The summed E-state index contributed by atoms with van der Waals surface area (Å²) in [5.74, 6) is -0.681. The van der Waals surface area contributed by atoms with Gasteiger partial charge in [-0.1, -0.05) is 19.3 Å².